The number of rotatable bonds is 7. The Morgan fingerprint density at radius 2 is 1.44 bits per heavy atom. The molecule has 3 rings (SSSR count). The monoisotopic (exact) mass is 430 g/mol. The lowest BCUT2D eigenvalue weighted by Crippen LogP contribution is -2.28. The van der Waals surface area contributed by atoms with Gasteiger partial charge in [0.25, 0.3) is 11.8 Å². The molecule has 0 aliphatic rings. The molecule has 0 saturated carbocycles. The summed E-state index contributed by atoms with van der Waals surface area (Å²) in [5.41, 5.74) is 2.79. The maximum atomic E-state index is 13.0. The summed E-state index contributed by atoms with van der Waals surface area (Å²) in [7, 11) is 1.64. The van der Waals surface area contributed by atoms with Gasteiger partial charge in [0.15, 0.2) is 6.61 Å². The Morgan fingerprint density at radius 3 is 2.06 bits per heavy atom. The second-order valence-electron chi connectivity index (χ2n) is 7.65. The highest BCUT2D eigenvalue weighted by Crippen LogP contribution is 2.19. The topological polar surface area (TPSA) is 75.7 Å². The first-order valence-corrected chi connectivity index (χ1v) is 10.4. The maximum absolute atomic E-state index is 13.0. The summed E-state index contributed by atoms with van der Waals surface area (Å²) < 4.78 is 5.18. The van der Waals surface area contributed by atoms with Crippen LogP contribution in [0.3, 0.4) is 0 Å². The maximum Gasteiger partial charge on any atom is 0.339 e. The molecule has 3 aromatic rings. The number of amides is 2. The number of ether oxygens (including phenoxy) is 1. The molecule has 2 amide bonds. The number of nitrogens with zero attached hydrogens (tertiary/aromatic N) is 1. The normalized spacial score (nSPS) is 10.5. The fourth-order valence-corrected chi connectivity index (χ4v) is 3.15. The van der Waals surface area contributed by atoms with Crippen molar-refractivity contribution in [2.45, 2.75) is 19.8 Å². The van der Waals surface area contributed by atoms with Crippen molar-refractivity contribution in [3.05, 3.63) is 95.6 Å². The molecule has 0 unspecified atom stereocenters. The first kappa shape index (κ1) is 22.7. The average molecular weight is 431 g/mol. The summed E-state index contributed by atoms with van der Waals surface area (Å²) in [4.78, 5) is 39.3. The van der Waals surface area contributed by atoms with E-state index in [4.69, 9.17) is 4.74 Å². The summed E-state index contributed by atoms with van der Waals surface area (Å²) in [6.45, 7) is 3.72. The van der Waals surface area contributed by atoms with Crippen LogP contribution in [0, 0.1) is 0 Å². The van der Waals surface area contributed by atoms with Crippen LogP contribution in [-0.2, 0) is 9.53 Å². The van der Waals surface area contributed by atoms with E-state index in [-0.39, 0.29) is 17.0 Å². The Bertz CT molecular complexity index is 1090. The molecule has 6 nitrogen and oxygen atoms in total. The minimum Gasteiger partial charge on any atom is -0.452 e. The van der Waals surface area contributed by atoms with Gasteiger partial charge in [0.1, 0.15) is 0 Å². The predicted octanol–water partition coefficient (Wildman–Crippen LogP) is 4.88. The third-order valence-electron chi connectivity index (χ3n) is 5.02. The standard InChI is InChI=1S/C26H26N2O4/c1-18(2)19-13-15-20(16-14-19)27-24(29)17-32-26(31)23-12-8-7-11-22(23)25(30)28(3)21-9-5-4-6-10-21/h4-16,18H,17H2,1-3H3,(H,27,29). The van der Waals surface area contributed by atoms with Gasteiger partial charge in [-0.15, -0.1) is 0 Å². The van der Waals surface area contributed by atoms with Gasteiger partial charge in [-0.3, -0.25) is 9.59 Å². The molecule has 0 aromatic heterocycles. The van der Waals surface area contributed by atoms with E-state index in [2.05, 4.69) is 19.2 Å². The van der Waals surface area contributed by atoms with Crippen molar-refractivity contribution < 1.29 is 19.1 Å². The Kier molecular flexibility index (Phi) is 7.39. The van der Waals surface area contributed by atoms with Crippen molar-refractivity contribution in [2.75, 3.05) is 23.9 Å². The molecule has 164 valence electrons. The molecule has 0 aliphatic carbocycles. The van der Waals surface area contributed by atoms with Crippen LogP contribution in [0.2, 0.25) is 0 Å². The summed E-state index contributed by atoms with van der Waals surface area (Å²) in [6, 6.07) is 23.0. The van der Waals surface area contributed by atoms with Crippen LogP contribution >= 0.6 is 0 Å². The molecule has 0 radical (unpaired) electrons. The minimum atomic E-state index is -0.735. The quantitative estimate of drug-likeness (QED) is 0.542. The van der Waals surface area contributed by atoms with Crippen LogP contribution in [0.25, 0.3) is 0 Å². The molecule has 0 heterocycles. The van der Waals surface area contributed by atoms with Gasteiger partial charge in [0, 0.05) is 18.4 Å². The smallest absolute Gasteiger partial charge is 0.339 e. The van der Waals surface area contributed by atoms with Gasteiger partial charge >= 0.3 is 5.97 Å². The molecule has 0 spiro atoms. The molecule has 32 heavy (non-hydrogen) atoms. The van der Waals surface area contributed by atoms with Gasteiger partial charge in [-0.25, -0.2) is 4.79 Å². The van der Waals surface area contributed by atoms with E-state index >= 15 is 0 Å². The lowest BCUT2D eigenvalue weighted by atomic mass is 10.0. The molecule has 6 heteroatoms. The van der Waals surface area contributed by atoms with E-state index in [1.807, 2.05) is 42.5 Å². The number of nitrogens with one attached hydrogen (secondary N) is 1. The van der Waals surface area contributed by atoms with E-state index in [0.717, 1.165) is 5.56 Å². The van der Waals surface area contributed by atoms with Crippen LogP contribution in [0.15, 0.2) is 78.9 Å². The zero-order valence-electron chi connectivity index (χ0n) is 18.4. The molecule has 0 atom stereocenters. The second-order valence-corrected chi connectivity index (χ2v) is 7.65. The molecule has 3 aromatic carbocycles. The Labute approximate surface area is 187 Å². The van der Waals surface area contributed by atoms with Crippen LogP contribution in [0.1, 0.15) is 46.0 Å². The number of benzene rings is 3. The molecular weight excluding hydrogens is 404 g/mol. The van der Waals surface area contributed by atoms with Crippen molar-refractivity contribution in [1.29, 1.82) is 0 Å². The van der Waals surface area contributed by atoms with E-state index in [0.29, 0.717) is 17.3 Å². The van der Waals surface area contributed by atoms with E-state index in [9.17, 15) is 14.4 Å². The van der Waals surface area contributed by atoms with Gasteiger partial charge in [0.05, 0.1) is 11.1 Å². The number of carbonyl (C=O) groups excluding carboxylic acids is 3. The summed E-state index contributed by atoms with van der Waals surface area (Å²) in [5.74, 6) is -1.15. The number of anilines is 2. The molecule has 0 fully saturated rings. The summed E-state index contributed by atoms with van der Waals surface area (Å²) >= 11 is 0. The lowest BCUT2D eigenvalue weighted by Gasteiger charge is -2.18. The van der Waals surface area contributed by atoms with Gasteiger partial charge in [0.2, 0.25) is 0 Å². The van der Waals surface area contributed by atoms with Crippen molar-refractivity contribution in [3.63, 3.8) is 0 Å². The summed E-state index contributed by atoms with van der Waals surface area (Å²) in [6.07, 6.45) is 0. The lowest BCUT2D eigenvalue weighted by molar-refractivity contribution is -0.119. The van der Waals surface area contributed by atoms with Crippen LogP contribution < -0.4 is 10.2 Å². The van der Waals surface area contributed by atoms with Crippen molar-refractivity contribution in [3.8, 4) is 0 Å². The highest BCUT2D eigenvalue weighted by molar-refractivity contribution is 6.12. The largest absolute Gasteiger partial charge is 0.452 e. The Hall–Kier alpha value is -3.93. The number of esters is 1. The van der Waals surface area contributed by atoms with E-state index in [1.54, 1.807) is 37.4 Å². The first-order valence-electron chi connectivity index (χ1n) is 10.4. The number of hydrogen-bond acceptors (Lipinski definition) is 4. The van der Waals surface area contributed by atoms with Gasteiger partial charge in [-0.05, 0) is 47.9 Å². The molecule has 0 aliphatic heterocycles. The Morgan fingerprint density at radius 1 is 0.844 bits per heavy atom. The first-order chi connectivity index (χ1) is 15.4. The zero-order chi connectivity index (χ0) is 23.1. The summed E-state index contributed by atoms with van der Waals surface area (Å²) in [5, 5.41) is 2.70. The van der Waals surface area contributed by atoms with Crippen molar-refractivity contribution in [1.82, 2.24) is 0 Å². The van der Waals surface area contributed by atoms with Crippen LogP contribution in [-0.4, -0.2) is 31.4 Å². The second kappa shape index (κ2) is 10.4. The number of hydrogen-bond donors (Lipinski definition) is 1. The third kappa shape index (κ3) is 5.60. The van der Waals surface area contributed by atoms with Gasteiger partial charge in [-0.1, -0.05) is 56.3 Å². The fourth-order valence-electron chi connectivity index (χ4n) is 3.15. The molecule has 0 bridgehead atoms. The van der Waals surface area contributed by atoms with Crippen molar-refractivity contribution >= 4 is 29.2 Å². The molecule has 1 N–H and O–H groups in total. The number of carbonyl (C=O) groups is 3. The highest BCUT2D eigenvalue weighted by Gasteiger charge is 2.22. The average Bonchev–Trinajstić information content (AvgIpc) is 2.82. The van der Waals surface area contributed by atoms with E-state index < -0.39 is 18.5 Å². The van der Waals surface area contributed by atoms with Gasteiger partial charge in [-0.2, -0.15) is 0 Å². The van der Waals surface area contributed by atoms with Crippen molar-refractivity contribution in [2.24, 2.45) is 0 Å². The SMILES string of the molecule is CC(C)c1ccc(NC(=O)COC(=O)c2ccccc2C(=O)N(C)c2ccccc2)cc1. The van der Waals surface area contributed by atoms with E-state index in [1.165, 1.54) is 11.0 Å². The molecular formula is C26H26N2O4. The Balaban J connectivity index is 1.64. The van der Waals surface area contributed by atoms with Crippen LogP contribution in [0.5, 0.6) is 0 Å². The fraction of sp³-hybridized carbons (Fsp3) is 0.192. The predicted molar refractivity (Wildman–Crippen MR) is 125 cm³/mol. The highest BCUT2D eigenvalue weighted by atomic mass is 16.5. The number of para-hydroxylation sites is 1. The zero-order valence-corrected chi connectivity index (χ0v) is 18.4. The third-order valence-corrected chi connectivity index (χ3v) is 5.02. The minimum absolute atomic E-state index is 0.106. The van der Waals surface area contributed by atoms with Gasteiger partial charge < -0.3 is 15.0 Å². The molecule has 0 saturated heterocycles. The van der Waals surface area contributed by atoms with Crippen LogP contribution in [0.4, 0.5) is 11.4 Å².